The van der Waals surface area contributed by atoms with E-state index in [1.807, 2.05) is 0 Å². The molecule has 0 radical (unpaired) electrons. The first kappa shape index (κ1) is 12.2. The minimum absolute atomic E-state index is 0.144. The van der Waals surface area contributed by atoms with Gasteiger partial charge in [0.2, 0.25) is 0 Å². The first-order valence-electron chi connectivity index (χ1n) is 5.15. The van der Waals surface area contributed by atoms with Gasteiger partial charge in [-0.2, -0.15) is 0 Å². The predicted octanol–water partition coefficient (Wildman–Crippen LogP) is -1.26. The molecular weight excluding hydrogens is 198 g/mol. The van der Waals surface area contributed by atoms with E-state index < -0.39 is 12.1 Å². The number of aliphatic hydroxyl groups is 1. The maximum absolute atomic E-state index is 11.5. The summed E-state index contributed by atoms with van der Waals surface area (Å²) in [5.74, 6) is 0. The van der Waals surface area contributed by atoms with Crippen LogP contribution < -0.4 is 11.1 Å². The number of nitrogens with zero attached hydrogens (tertiary/aromatic N) is 1. The molecule has 1 saturated heterocycles. The lowest BCUT2D eigenvalue weighted by molar-refractivity contribution is 0.0528. The van der Waals surface area contributed by atoms with E-state index in [0.717, 1.165) is 0 Å². The van der Waals surface area contributed by atoms with Crippen molar-refractivity contribution < 1.29 is 14.6 Å². The Bertz CT molecular complexity index is 205. The molecule has 2 amide bonds. The third-order valence-corrected chi connectivity index (χ3v) is 2.41. The van der Waals surface area contributed by atoms with Gasteiger partial charge in [0.1, 0.15) is 0 Å². The molecule has 1 rings (SSSR count). The van der Waals surface area contributed by atoms with E-state index in [1.54, 1.807) is 11.8 Å². The molecule has 0 aromatic heterocycles. The van der Waals surface area contributed by atoms with Gasteiger partial charge in [-0.15, -0.1) is 0 Å². The highest BCUT2D eigenvalue weighted by atomic mass is 16.5. The summed E-state index contributed by atoms with van der Waals surface area (Å²) in [5.41, 5.74) is 5.59. The Hall–Kier alpha value is -0.850. The minimum atomic E-state index is -0.616. The normalized spacial score (nSPS) is 20.9. The van der Waals surface area contributed by atoms with Gasteiger partial charge in [-0.05, 0) is 6.92 Å². The summed E-state index contributed by atoms with van der Waals surface area (Å²) in [5, 5.41) is 11.8. The van der Waals surface area contributed by atoms with Crippen LogP contribution in [0.25, 0.3) is 0 Å². The van der Waals surface area contributed by atoms with Gasteiger partial charge in [0.15, 0.2) is 0 Å². The average Bonchev–Trinajstić information content (AvgIpc) is 2.26. The van der Waals surface area contributed by atoms with Crippen LogP contribution in [0.4, 0.5) is 4.79 Å². The minimum Gasteiger partial charge on any atom is -0.392 e. The van der Waals surface area contributed by atoms with Gasteiger partial charge in [0.25, 0.3) is 0 Å². The van der Waals surface area contributed by atoms with E-state index >= 15 is 0 Å². The fraction of sp³-hybridized carbons (Fsp3) is 0.889. The van der Waals surface area contributed by atoms with Gasteiger partial charge in [-0.25, -0.2) is 4.79 Å². The van der Waals surface area contributed by atoms with Gasteiger partial charge < -0.3 is 25.8 Å². The second-order valence-electron chi connectivity index (χ2n) is 3.69. The second kappa shape index (κ2) is 5.89. The first-order valence-corrected chi connectivity index (χ1v) is 5.15. The molecule has 0 aliphatic carbocycles. The second-order valence-corrected chi connectivity index (χ2v) is 3.69. The summed E-state index contributed by atoms with van der Waals surface area (Å²) in [6.45, 7) is 4.26. The van der Waals surface area contributed by atoms with Gasteiger partial charge >= 0.3 is 6.03 Å². The molecule has 1 aliphatic rings. The van der Waals surface area contributed by atoms with Crippen molar-refractivity contribution in [2.24, 2.45) is 5.73 Å². The summed E-state index contributed by atoms with van der Waals surface area (Å²) in [4.78, 5) is 13.2. The maximum Gasteiger partial charge on any atom is 0.317 e. The number of hydrogen-bond acceptors (Lipinski definition) is 4. The Morgan fingerprint density at radius 1 is 1.60 bits per heavy atom. The van der Waals surface area contributed by atoms with Crippen LogP contribution in [0.1, 0.15) is 6.92 Å². The van der Waals surface area contributed by atoms with Crippen LogP contribution in [0, 0.1) is 0 Å². The Kier molecular flexibility index (Phi) is 4.80. The van der Waals surface area contributed by atoms with Crippen molar-refractivity contribution >= 4 is 6.03 Å². The number of nitrogens with one attached hydrogen (secondary N) is 1. The van der Waals surface area contributed by atoms with Gasteiger partial charge in [-0.1, -0.05) is 0 Å². The summed E-state index contributed by atoms with van der Waals surface area (Å²) in [6.07, 6.45) is -0.616. The molecule has 1 fully saturated rings. The van der Waals surface area contributed by atoms with Gasteiger partial charge in [0.05, 0.1) is 19.3 Å². The number of amides is 2. The number of carbonyl (C=O) groups is 1. The number of morpholine rings is 1. The van der Waals surface area contributed by atoms with E-state index in [0.29, 0.717) is 26.3 Å². The molecule has 1 aliphatic heterocycles. The summed E-state index contributed by atoms with van der Waals surface area (Å²) >= 11 is 0. The van der Waals surface area contributed by atoms with E-state index in [1.165, 1.54) is 0 Å². The van der Waals surface area contributed by atoms with Crippen molar-refractivity contribution in [2.45, 2.75) is 19.1 Å². The predicted molar refractivity (Wildman–Crippen MR) is 55.4 cm³/mol. The van der Waals surface area contributed by atoms with Crippen LogP contribution in [0.15, 0.2) is 0 Å². The monoisotopic (exact) mass is 217 g/mol. The van der Waals surface area contributed by atoms with Gasteiger partial charge in [-0.3, -0.25) is 0 Å². The summed E-state index contributed by atoms with van der Waals surface area (Å²) in [6, 6.07) is -0.565. The standard InChI is InChI=1S/C9H19N3O3/c1-7(13)8(10)6-11-9(14)12-2-4-15-5-3-12/h7-8,13H,2-6,10H2,1H3,(H,11,14). The number of carbonyl (C=O) groups excluding carboxylic acids is 1. The van der Waals surface area contributed by atoms with Crippen molar-refractivity contribution in [1.82, 2.24) is 10.2 Å². The SMILES string of the molecule is CC(O)C(N)CNC(=O)N1CCOCC1. The zero-order valence-corrected chi connectivity index (χ0v) is 8.98. The molecule has 0 aromatic carbocycles. The molecular formula is C9H19N3O3. The lowest BCUT2D eigenvalue weighted by atomic mass is 10.2. The molecule has 15 heavy (non-hydrogen) atoms. The quantitative estimate of drug-likeness (QED) is 0.550. The largest absolute Gasteiger partial charge is 0.392 e. The highest BCUT2D eigenvalue weighted by molar-refractivity contribution is 5.74. The van der Waals surface area contributed by atoms with Crippen molar-refractivity contribution in [3.63, 3.8) is 0 Å². The first-order chi connectivity index (χ1) is 7.11. The summed E-state index contributed by atoms with van der Waals surface area (Å²) in [7, 11) is 0. The number of nitrogens with two attached hydrogens (primary N) is 1. The van der Waals surface area contributed by atoms with Crippen LogP contribution in [0.3, 0.4) is 0 Å². The van der Waals surface area contributed by atoms with E-state index in [4.69, 9.17) is 15.6 Å². The van der Waals surface area contributed by atoms with Crippen molar-refractivity contribution in [1.29, 1.82) is 0 Å². The van der Waals surface area contributed by atoms with E-state index in [-0.39, 0.29) is 12.6 Å². The molecule has 88 valence electrons. The van der Waals surface area contributed by atoms with Gasteiger partial charge in [0, 0.05) is 25.7 Å². The van der Waals surface area contributed by atoms with E-state index in [9.17, 15) is 4.79 Å². The zero-order valence-electron chi connectivity index (χ0n) is 8.98. The number of rotatable bonds is 3. The Morgan fingerprint density at radius 3 is 2.73 bits per heavy atom. The Labute approximate surface area is 89.4 Å². The molecule has 4 N–H and O–H groups in total. The molecule has 2 unspecified atom stereocenters. The van der Waals surface area contributed by atoms with E-state index in [2.05, 4.69) is 5.32 Å². The molecule has 0 spiro atoms. The molecule has 6 nitrogen and oxygen atoms in total. The Morgan fingerprint density at radius 2 is 2.20 bits per heavy atom. The number of ether oxygens (including phenoxy) is 1. The van der Waals surface area contributed by atoms with Crippen LogP contribution >= 0.6 is 0 Å². The number of aliphatic hydroxyl groups excluding tert-OH is 1. The van der Waals surface area contributed by atoms with Crippen LogP contribution in [0.2, 0.25) is 0 Å². The smallest absolute Gasteiger partial charge is 0.317 e. The fourth-order valence-electron chi connectivity index (χ4n) is 1.25. The third kappa shape index (κ3) is 4.03. The lowest BCUT2D eigenvalue weighted by Gasteiger charge is -2.27. The van der Waals surface area contributed by atoms with Crippen molar-refractivity contribution in [3.8, 4) is 0 Å². The molecule has 6 heteroatoms. The lowest BCUT2D eigenvalue weighted by Crippen LogP contribution is -2.50. The fourth-order valence-corrected chi connectivity index (χ4v) is 1.25. The number of hydrogen-bond donors (Lipinski definition) is 3. The summed E-state index contributed by atoms with van der Waals surface area (Å²) < 4.78 is 5.13. The average molecular weight is 217 g/mol. The molecule has 0 bridgehead atoms. The molecule has 1 heterocycles. The van der Waals surface area contributed by atoms with Crippen molar-refractivity contribution in [3.05, 3.63) is 0 Å². The molecule has 2 atom stereocenters. The third-order valence-electron chi connectivity index (χ3n) is 2.41. The number of urea groups is 1. The molecule has 0 aromatic rings. The van der Waals surface area contributed by atoms with Crippen LogP contribution in [-0.4, -0.2) is 61.0 Å². The molecule has 0 saturated carbocycles. The highest BCUT2D eigenvalue weighted by Crippen LogP contribution is 1.97. The van der Waals surface area contributed by atoms with Crippen molar-refractivity contribution in [2.75, 3.05) is 32.8 Å². The Balaban J connectivity index is 2.22. The maximum atomic E-state index is 11.5. The van der Waals surface area contributed by atoms with Crippen LogP contribution in [0.5, 0.6) is 0 Å². The highest BCUT2D eigenvalue weighted by Gasteiger charge is 2.17. The zero-order chi connectivity index (χ0) is 11.3. The topological polar surface area (TPSA) is 87.8 Å². The van der Waals surface area contributed by atoms with Crippen LogP contribution in [-0.2, 0) is 4.74 Å².